The third-order valence-electron chi connectivity index (χ3n) is 3.42. The van der Waals surface area contributed by atoms with Gasteiger partial charge in [0.2, 0.25) is 0 Å². The van der Waals surface area contributed by atoms with Gasteiger partial charge < -0.3 is 10.0 Å². The lowest BCUT2D eigenvalue weighted by Crippen LogP contribution is -2.29. The maximum atomic E-state index is 10.4. The molecule has 0 atom stereocenters. The maximum Gasteiger partial charge on any atom is 0.328 e. The zero-order valence-electron chi connectivity index (χ0n) is 10.5. The number of carbonyl (C=O) groups is 1. The van der Waals surface area contributed by atoms with Crippen molar-refractivity contribution in [2.24, 2.45) is 0 Å². The highest BCUT2D eigenvalue weighted by molar-refractivity contribution is 5.85. The van der Waals surface area contributed by atoms with Crippen molar-refractivity contribution < 1.29 is 9.90 Å². The van der Waals surface area contributed by atoms with Gasteiger partial charge in [-0.15, -0.1) is 0 Å². The summed E-state index contributed by atoms with van der Waals surface area (Å²) in [7, 11) is 2.07. The third kappa shape index (κ3) is 3.09. The van der Waals surface area contributed by atoms with Gasteiger partial charge in [-0.2, -0.15) is 0 Å². The van der Waals surface area contributed by atoms with Crippen LogP contribution >= 0.6 is 0 Å². The summed E-state index contributed by atoms with van der Waals surface area (Å²) in [6.07, 6.45) is 9.45. The first-order chi connectivity index (χ1) is 8.66. The second-order valence-corrected chi connectivity index (χ2v) is 4.67. The van der Waals surface area contributed by atoms with Gasteiger partial charge in [-0.05, 0) is 36.6 Å². The third-order valence-corrected chi connectivity index (χ3v) is 3.42. The molecule has 4 heteroatoms. The van der Waals surface area contributed by atoms with Crippen molar-refractivity contribution >= 4 is 17.9 Å². The standard InChI is InChI=1S/C14H18N2O2/c1-16(12-4-2-3-5-12)13-8-6-11(10-15-13)7-9-14(17)18/h6-10,12H,2-5H2,1H3,(H,17,18)/b9-7+. The molecule has 1 aliphatic carbocycles. The number of rotatable bonds is 4. The molecule has 1 saturated carbocycles. The van der Waals surface area contributed by atoms with Crippen LogP contribution in [0.5, 0.6) is 0 Å². The summed E-state index contributed by atoms with van der Waals surface area (Å²) in [5.74, 6) is 0.0107. The van der Waals surface area contributed by atoms with Gasteiger partial charge >= 0.3 is 5.97 Å². The maximum absolute atomic E-state index is 10.4. The van der Waals surface area contributed by atoms with Crippen LogP contribution in [0.4, 0.5) is 5.82 Å². The molecule has 0 saturated heterocycles. The van der Waals surface area contributed by atoms with Crippen molar-refractivity contribution in [3.63, 3.8) is 0 Å². The highest BCUT2D eigenvalue weighted by Crippen LogP contribution is 2.25. The molecule has 18 heavy (non-hydrogen) atoms. The highest BCUT2D eigenvalue weighted by Gasteiger charge is 2.20. The SMILES string of the molecule is CN(c1ccc(/C=C/C(=O)O)cn1)C1CCCC1. The van der Waals surface area contributed by atoms with Crippen LogP contribution in [-0.2, 0) is 4.79 Å². The van der Waals surface area contributed by atoms with Crippen molar-refractivity contribution in [1.29, 1.82) is 0 Å². The lowest BCUT2D eigenvalue weighted by molar-refractivity contribution is -0.131. The number of carboxylic acid groups (broad SMARTS) is 1. The van der Waals surface area contributed by atoms with E-state index < -0.39 is 5.97 Å². The number of nitrogens with zero attached hydrogens (tertiary/aromatic N) is 2. The number of pyridine rings is 1. The molecule has 1 N–H and O–H groups in total. The van der Waals surface area contributed by atoms with Gasteiger partial charge in [0.1, 0.15) is 5.82 Å². The van der Waals surface area contributed by atoms with Crippen LogP contribution in [0.15, 0.2) is 24.4 Å². The van der Waals surface area contributed by atoms with Crippen LogP contribution in [0.3, 0.4) is 0 Å². The smallest absolute Gasteiger partial charge is 0.328 e. The van der Waals surface area contributed by atoms with E-state index in [1.54, 1.807) is 12.3 Å². The Labute approximate surface area is 107 Å². The zero-order valence-corrected chi connectivity index (χ0v) is 10.5. The van der Waals surface area contributed by atoms with Crippen LogP contribution in [0.2, 0.25) is 0 Å². The number of aromatic nitrogens is 1. The Morgan fingerprint density at radius 1 is 1.44 bits per heavy atom. The Bertz CT molecular complexity index is 434. The number of anilines is 1. The normalized spacial score (nSPS) is 16.3. The van der Waals surface area contributed by atoms with Gasteiger partial charge in [0.25, 0.3) is 0 Å². The van der Waals surface area contributed by atoms with E-state index in [2.05, 4.69) is 16.9 Å². The quantitative estimate of drug-likeness (QED) is 0.829. The fraction of sp³-hybridized carbons (Fsp3) is 0.429. The van der Waals surface area contributed by atoms with Crippen LogP contribution in [0.1, 0.15) is 31.2 Å². The van der Waals surface area contributed by atoms with E-state index in [-0.39, 0.29) is 0 Å². The Morgan fingerprint density at radius 2 is 2.17 bits per heavy atom. The molecule has 2 rings (SSSR count). The second-order valence-electron chi connectivity index (χ2n) is 4.67. The van der Waals surface area contributed by atoms with E-state index in [9.17, 15) is 4.79 Å². The minimum absolute atomic E-state index is 0.595. The van der Waals surface area contributed by atoms with Crippen molar-refractivity contribution in [3.8, 4) is 0 Å². The molecule has 0 unspecified atom stereocenters. The van der Waals surface area contributed by atoms with E-state index in [4.69, 9.17) is 5.11 Å². The molecule has 0 bridgehead atoms. The predicted octanol–water partition coefficient (Wildman–Crippen LogP) is 2.56. The fourth-order valence-electron chi connectivity index (χ4n) is 2.35. The average Bonchev–Trinajstić information content (AvgIpc) is 2.90. The lowest BCUT2D eigenvalue weighted by Gasteiger charge is -2.25. The van der Waals surface area contributed by atoms with Gasteiger partial charge in [-0.25, -0.2) is 9.78 Å². The molecule has 1 heterocycles. The Morgan fingerprint density at radius 3 is 2.72 bits per heavy atom. The molecular formula is C14H18N2O2. The van der Waals surface area contributed by atoms with Crippen LogP contribution in [0.25, 0.3) is 6.08 Å². The second kappa shape index (κ2) is 5.67. The molecule has 1 aromatic heterocycles. The Hall–Kier alpha value is -1.84. The molecule has 1 aromatic rings. The fourth-order valence-corrected chi connectivity index (χ4v) is 2.35. The molecule has 0 aliphatic heterocycles. The number of hydrogen-bond acceptors (Lipinski definition) is 3. The molecule has 0 amide bonds. The molecule has 0 spiro atoms. The number of carboxylic acids is 1. The summed E-state index contributed by atoms with van der Waals surface area (Å²) in [5, 5.41) is 8.55. The van der Waals surface area contributed by atoms with Crippen molar-refractivity contribution in [1.82, 2.24) is 4.98 Å². The van der Waals surface area contributed by atoms with Gasteiger partial charge in [-0.3, -0.25) is 0 Å². The molecule has 4 nitrogen and oxygen atoms in total. The van der Waals surface area contributed by atoms with E-state index in [1.165, 1.54) is 25.7 Å². The number of hydrogen-bond donors (Lipinski definition) is 1. The van der Waals surface area contributed by atoms with Crippen LogP contribution in [-0.4, -0.2) is 29.1 Å². The summed E-state index contributed by atoms with van der Waals surface area (Å²) in [6.45, 7) is 0. The molecule has 1 fully saturated rings. The van der Waals surface area contributed by atoms with E-state index in [0.29, 0.717) is 6.04 Å². The van der Waals surface area contributed by atoms with Crippen molar-refractivity contribution in [3.05, 3.63) is 30.0 Å². The predicted molar refractivity (Wildman–Crippen MR) is 71.6 cm³/mol. The summed E-state index contributed by atoms with van der Waals surface area (Å²) in [6, 6.07) is 4.44. The van der Waals surface area contributed by atoms with Crippen LogP contribution < -0.4 is 4.90 Å². The molecule has 0 aromatic carbocycles. The first-order valence-electron chi connectivity index (χ1n) is 6.27. The van der Waals surface area contributed by atoms with Gasteiger partial charge in [0, 0.05) is 25.4 Å². The Kier molecular flexibility index (Phi) is 3.97. The molecule has 0 radical (unpaired) electrons. The van der Waals surface area contributed by atoms with E-state index in [1.807, 2.05) is 12.1 Å². The van der Waals surface area contributed by atoms with Gasteiger partial charge in [0.05, 0.1) is 0 Å². The van der Waals surface area contributed by atoms with Gasteiger partial charge in [-0.1, -0.05) is 12.8 Å². The first kappa shape index (κ1) is 12.6. The summed E-state index contributed by atoms with van der Waals surface area (Å²) < 4.78 is 0. The van der Waals surface area contributed by atoms with Crippen LogP contribution in [0, 0.1) is 0 Å². The summed E-state index contributed by atoms with van der Waals surface area (Å²) in [5.41, 5.74) is 0.806. The van der Waals surface area contributed by atoms with Crippen molar-refractivity contribution in [2.75, 3.05) is 11.9 Å². The monoisotopic (exact) mass is 246 g/mol. The first-order valence-corrected chi connectivity index (χ1v) is 6.27. The minimum atomic E-state index is -0.942. The summed E-state index contributed by atoms with van der Waals surface area (Å²) in [4.78, 5) is 17.0. The largest absolute Gasteiger partial charge is 0.478 e. The lowest BCUT2D eigenvalue weighted by atomic mass is 10.2. The van der Waals surface area contributed by atoms with Crippen molar-refractivity contribution in [2.45, 2.75) is 31.7 Å². The topological polar surface area (TPSA) is 53.4 Å². The average molecular weight is 246 g/mol. The van der Waals surface area contributed by atoms with Gasteiger partial charge in [0.15, 0.2) is 0 Å². The Balaban J connectivity index is 2.04. The highest BCUT2D eigenvalue weighted by atomic mass is 16.4. The van der Waals surface area contributed by atoms with E-state index in [0.717, 1.165) is 17.5 Å². The molecule has 1 aliphatic rings. The number of aliphatic carboxylic acids is 1. The van der Waals surface area contributed by atoms with E-state index >= 15 is 0 Å². The summed E-state index contributed by atoms with van der Waals surface area (Å²) >= 11 is 0. The molecule has 96 valence electrons. The molecular weight excluding hydrogens is 228 g/mol. The minimum Gasteiger partial charge on any atom is -0.478 e. The zero-order chi connectivity index (χ0) is 13.0.